The SMILES string of the molecule is COc1ccc(CNc2ncc(N)c(NCc3c(F)cccc3F)n2)c(OC)c1. The van der Waals surface area contributed by atoms with Crippen LogP contribution in [0.2, 0.25) is 0 Å². The molecule has 9 heteroatoms. The number of nitrogens with zero attached hydrogens (tertiary/aromatic N) is 2. The maximum absolute atomic E-state index is 13.8. The van der Waals surface area contributed by atoms with Gasteiger partial charge in [0.05, 0.1) is 26.1 Å². The van der Waals surface area contributed by atoms with Crippen molar-refractivity contribution >= 4 is 17.5 Å². The molecular formula is C20H21F2N5O2. The van der Waals surface area contributed by atoms with Gasteiger partial charge in [0.1, 0.15) is 23.1 Å². The largest absolute Gasteiger partial charge is 0.497 e. The average Bonchev–Trinajstić information content (AvgIpc) is 2.73. The Labute approximate surface area is 166 Å². The number of ether oxygens (including phenoxy) is 2. The fourth-order valence-corrected chi connectivity index (χ4v) is 2.66. The summed E-state index contributed by atoms with van der Waals surface area (Å²) >= 11 is 0. The fourth-order valence-electron chi connectivity index (χ4n) is 2.66. The van der Waals surface area contributed by atoms with Crippen LogP contribution >= 0.6 is 0 Å². The molecule has 0 bridgehead atoms. The topological polar surface area (TPSA) is 94.3 Å². The van der Waals surface area contributed by atoms with E-state index in [0.29, 0.717) is 24.0 Å². The van der Waals surface area contributed by atoms with Crippen LogP contribution in [0.15, 0.2) is 42.6 Å². The molecular weight excluding hydrogens is 380 g/mol. The van der Waals surface area contributed by atoms with Gasteiger partial charge in [-0.15, -0.1) is 0 Å². The van der Waals surface area contributed by atoms with Crippen molar-refractivity contribution in [1.29, 1.82) is 0 Å². The standard InChI is InChI=1S/C20H21F2N5O2/c1-28-13-7-6-12(18(8-13)29-2)9-25-20-26-11-17(23)19(27-20)24-10-14-15(21)4-3-5-16(14)22/h3-8,11H,9-10,23H2,1-2H3,(H2,24,25,26,27). The number of hydrogen-bond donors (Lipinski definition) is 3. The molecule has 152 valence electrons. The lowest BCUT2D eigenvalue weighted by molar-refractivity contribution is 0.391. The number of nitrogens with two attached hydrogens (primary N) is 1. The highest BCUT2D eigenvalue weighted by Gasteiger charge is 2.11. The van der Waals surface area contributed by atoms with Crippen LogP contribution in [0.4, 0.5) is 26.2 Å². The summed E-state index contributed by atoms with van der Waals surface area (Å²) in [6.07, 6.45) is 1.42. The molecule has 0 aliphatic rings. The van der Waals surface area contributed by atoms with Crippen LogP contribution in [-0.4, -0.2) is 24.2 Å². The van der Waals surface area contributed by atoms with Crippen molar-refractivity contribution in [3.63, 3.8) is 0 Å². The third-order valence-corrected chi connectivity index (χ3v) is 4.24. The molecule has 0 aliphatic heterocycles. The maximum atomic E-state index is 13.8. The van der Waals surface area contributed by atoms with Gasteiger partial charge in [0, 0.05) is 30.3 Å². The second kappa shape index (κ2) is 9.05. The number of benzene rings is 2. The molecule has 0 saturated carbocycles. The Kier molecular flexibility index (Phi) is 6.28. The van der Waals surface area contributed by atoms with Crippen molar-refractivity contribution in [3.8, 4) is 11.5 Å². The average molecular weight is 401 g/mol. The minimum Gasteiger partial charge on any atom is -0.497 e. The molecule has 0 unspecified atom stereocenters. The van der Waals surface area contributed by atoms with Gasteiger partial charge in [-0.05, 0) is 24.3 Å². The van der Waals surface area contributed by atoms with Crippen molar-refractivity contribution < 1.29 is 18.3 Å². The number of halogens is 2. The fraction of sp³-hybridized carbons (Fsp3) is 0.200. The van der Waals surface area contributed by atoms with Crippen LogP contribution < -0.4 is 25.8 Å². The predicted molar refractivity (Wildman–Crippen MR) is 107 cm³/mol. The highest BCUT2D eigenvalue weighted by molar-refractivity contribution is 5.61. The van der Waals surface area contributed by atoms with Crippen molar-refractivity contribution in [3.05, 3.63) is 65.4 Å². The zero-order valence-electron chi connectivity index (χ0n) is 16.0. The molecule has 3 aromatic rings. The first-order chi connectivity index (χ1) is 14.0. The molecule has 2 aromatic carbocycles. The van der Waals surface area contributed by atoms with Crippen molar-refractivity contribution in [2.75, 3.05) is 30.6 Å². The van der Waals surface area contributed by atoms with Crippen LogP contribution in [0.3, 0.4) is 0 Å². The summed E-state index contributed by atoms with van der Waals surface area (Å²) in [6.45, 7) is 0.282. The lowest BCUT2D eigenvalue weighted by Crippen LogP contribution is -2.11. The van der Waals surface area contributed by atoms with E-state index in [-0.39, 0.29) is 23.6 Å². The summed E-state index contributed by atoms with van der Waals surface area (Å²) in [5.74, 6) is 0.618. The Hall–Kier alpha value is -3.62. The van der Waals surface area contributed by atoms with Crippen molar-refractivity contribution in [2.45, 2.75) is 13.1 Å². The number of nitrogen functional groups attached to an aromatic ring is 1. The summed E-state index contributed by atoms with van der Waals surface area (Å²) in [4.78, 5) is 8.41. The van der Waals surface area contributed by atoms with E-state index < -0.39 is 11.6 Å². The third-order valence-electron chi connectivity index (χ3n) is 4.24. The summed E-state index contributed by atoms with van der Waals surface area (Å²) in [5, 5.41) is 5.92. The summed E-state index contributed by atoms with van der Waals surface area (Å²) < 4.78 is 38.1. The molecule has 0 amide bonds. The number of rotatable bonds is 8. The van der Waals surface area contributed by atoms with Gasteiger partial charge in [-0.25, -0.2) is 13.8 Å². The molecule has 0 radical (unpaired) electrons. The molecule has 1 heterocycles. The molecule has 0 atom stereocenters. The predicted octanol–water partition coefficient (Wildman–Crippen LogP) is 3.58. The first-order valence-corrected chi connectivity index (χ1v) is 8.76. The number of hydrogen-bond acceptors (Lipinski definition) is 7. The maximum Gasteiger partial charge on any atom is 0.225 e. The van der Waals surface area contributed by atoms with E-state index in [9.17, 15) is 8.78 Å². The summed E-state index contributed by atoms with van der Waals surface area (Å²) in [6, 6.07) is 9.15. The van der Waals surface area contributed by atoms with Gasteiger partial charge in [-0.2, -0.15) is 4.98 Å². The van der Waals surface area contributed by atoms with E-state index in [1.807, 2.05) is 12.1 Å². The van der Waals surface area contributed by atoms with Gasteiger partial charge in [0.2, 0.25) is 5.95 Å². The number of anilines is 3. The minimum atomic E-state index is -0.643. The van der Waals surface area contributed by atoms with Crippen LogP contribution in [0.25, 0.3) is 0 Å². The molecule has 7 nitrogen and oxygen atoms in total. The number of aromatic nitrogens is 2. The van der Waals surface area contributed by atoms with Crippen LogP contribution in [-0.2, 0) is 13.1 Å². The van der Waals surface area contributed by atoms with Crippen LogP contribution in [0.5, 0.6) is 11.5 Å². The van der Waals surface area contributed by atoms with Crippen LogP contribution in [0.1, 0.15) is 11.1 Å². The van der Waals surface area contributed by atoms with E-state index in [1.165, 1.54) is 24.4 Å². The van der Waals surface area contributed by atoms with E-state index in [0.717, 1.165) is 5.56 Å². The van der Waals surface area contributed by atoms with Gasteiger partial charge in [-0.1, -0.05) is 6.07 Å². The van der Waals surface area contributed by atoms with Gasteiger partial charge < -0.3 is 25.8 Å². The highest BCUT2D eigenvalue weighted by atomic mass is 19.1. The second-order valence-electron chi connectivity index (χ2n) is 6.08. The Morgan fingerprint density at radius 3 is 2.45 bits per heavy atom. The number of methoxy groups -OCH3 is 2. The van der Waals surface area contributed by atoms with E-state index in [1.54, 1.807) is 20.3 Å². The molecule has 4 N–H and O–H groups in total. The zero-order chi connectivity index (χ0) is 20.8. The summed E-state index contributed by atoms with van der Waals surface area (Å²) in [5.41, 5.74) is 6.91. The minimum absolute atomic E-state index is 0.0945. The Balaban J connectivity index is 1.71. The summed E-state index contributed by atoms with van der Waals surface area (Å²) in [7, 11) is 3.15. The third kappa shape index (κ3) is 4.81. The molecule has 29 heavy (non-hydrogen) atoms. The van der Waals surface area contributed by atoms with Gasteiger partial charge in [0.25, 0.3) is 0 Å². The van der Waals surface area contributed by atoms with Gasteiger partial charge in [0.15, 0.2) is 5.82 Å². The quantitative estimate of drug-likeness (QED) is 0.531. The first kappa shape index (κ1) is 20.1. The lowest BCUT2D eigenvalue weighted by atomic mass is 10.2. The van der Waals surface area contributed by atoms with Gasteiger partial charge in [-0.3, -0.25) is 0 Å². The van der Waals surface area contributed by atoms with Crippen molar-refractivity contribution in [1.82, 2.24) is 9.97 Å². The van der Waals surface area contributed by atoms with Crippen LogP contribution in [0, 0.1) is 11.6 Å². The number of nitrogens with one attached hydrogen (secondary N) is 2. The highest BCUT2D eigenvalue weighted by Crippen LogP contribution is 2.25. The van der Waals surface area contributed by atoms with E-state index in [2.05, 4.69) is 20.6 Å². The molecule has 0 aliphatic carbocycles. The lowest BCUT2D eigenvalue weighted by Gasteiger charge is -2.13. The van der Waals surface area contributed by atoms with Crippen molar-refractivity contribution in [2.24, 2.45) is 0 Å². The first-order valence-electron chi connectivity index (χ1n) is 8.76. The Bertz CT molecular complexity index is 980. The van der Waals surface area contributed by atoms with Gasteiger partial charge >= 0.3 is 0 Å². The Morgan fingerprint density at radius 1 is 1.00 bits per heavy atom. The molecule has 3 rings (SSSR count). The van der Waals surface area contributed by atoms with E-state index in [4.69, 9.17) is 15.2 Å². The zero-order valence-corrected chi connectivity index (χ0v) is 16.0. The molecule has 0 spiro atoms. The smallest absolute Gasteiger partial charge is 0.225 e. The normalized spacial score (nSPS) is 10.5. The Morgan fingerprint density at radius 2 is 1.76 bits per heavy atom. The molecule has 0 fully saturated rings. The van der Waals surface area contributed by atoms with E-state index >= 15 is 0 Å². The second-order valence-corrected chi connectivity index (χ2v) is 6.08. The molecule has 0 saturated heterocycles. The molecule has 1 aromatic heterocycles. The monoisotopic (exact) mass is 401 g/mol.